The number of ether oxygens (including phenoxy) is 1. The van der Waals surface area contributed by atoms with Crippen LogP contribution in [-0.2, 0) is 0 Å². The van der Waals surface area contributed by atoms with Crippen LogP contribution in [0.1, 0.15) is 20.3 Å². The predicted octanol–water partition coefficient (Wildman–Crippen LogP) is 1.63. The Morgan fingerprint density at radius 3 is 3.00 bits per heavy atom. The second-order valence-electron chi connectivity index (χ2n) is 3.59. The van der Waals surface area contributed by atoms with Crippen LogP contribution in [0.25, 0.3) is 0 Å². The lowest BCUT2D eigenvalue weighted by atomic mass is 10.3. The highest BCUT2D eigenvalue weighted by atomic mass is 16.5. The van der Waals surface area contributed by atoms with E-state index in [1.807, 2.05) is 26.0 Å². The Labute approximate surface area is 90.8 Å². The van der Waals surface area contributed by atoms with Crippen LogP contribution in [0.3, 0.4) is 0 Å². The molecule has 0 saturated carbocycles. The maximum Gasteiger partial charge on any atom is 0.237 e. The van der Waals surface area contributed by atoms with E-state index in [0.717, 1.165) is 18.7 Å². The normalized spacial score (nSPS) is 10.4. The van der Waals surface area contributed by atoms with Crippen molar-refractivity contribution in [3.8, 4) is 5.88 Å². The summed E-state index contributed by atoms with van der Waals surface area (Å²) in [6, 6.07) is 3.85. The van der Waals surface area contributed by atoms with Gasteiger partial charge >= 0.3 is 0 Å². The van der Waals surface area contributed by atoms with Gasteiger partial charge < -0.3 is 15.8 Å². The molecular weight excluding hydrogens is 190 g/mol. The molecule has 0 aliphatic carbocycles. The number of pyridine rings is 1. The summed E-state index contributed by atoms with van der Waals surface area (Å²) in [7, 11) is 0. The molecule has 0 saturated heterocycles. The minimum atomic E-state index is 0.134. The zero-order valence-corrected chi connectivity index (χ0v) is 9.36. The highest BCUT2D eigenvalue weighted by Gasteiger charge is 2.05. The van der Waals surface area contributed by atoms with E-state index in [0.29, 0.717) is 12.4 Å². The molecular formula is C11H19N3O. The van der Waals surface area contributed by atoms with E-state index in [1.165, 1.54) is 0 Å². The van der Waals surface area contributed by atoms with Crippen molar-refractivity contribution in [1.29, 1.82) is 0 Å². The van der Waals surface area contributed by atoms with E-state index in [9.17, 15) is 0 Å². The van der Waals surface area contributed by atoms with Crippen LogP contribution in [0, 0.1) is 0 Å². The molecule has 1 aromatic heterocycles. The van der Waals surface area contributed by atoms with Crippen molar-refractivity contribution in [2.24, 2.45) is 5.73 Å². The fourth-order valence-electron chi connectivity index (χ4n) is 1.17. The molecule has 0 bridgehead atoms. The summed E-state index contributed by atoms with van der Waals surface area (Å²) in [5, 5.41) is 3.25. The molecule has 0 aliphatic rings. The number of anilines is 1. The van der Waals surface area contributed by atoms with Gasteiger partial charge in [-0.1, -0.05) is 0 Å². The van der Waals surface area contributed by atoms with Crippen molar-refractivity contribution in [2.75, 3.05) is 18.4 Å². The molecule has 0 spiro atoms. The molecule has 1 rings (SSSR count). The van der Waals surface area contributed by atoms with E-state index in [1.54, 1.807) is 6.20 Å². The molecule has 0 amide bonds. The van der Waals surface area contributed by atoms with Gasteiger partial charge in [0.1, 0.15) is 0 Å². The summed E-state index contributed by atoms with van der Waals surface area (Å²) in [4.78, 5) is 4.18. The van der Waals surface area contributed by atoms with Crippen LogP contribution in [0.15, 0.2) is 18.3 Å². The van der Waals surface area contributed by atoms with Crippen LogP contribution < -0.4 is 15.8 Å². The van der Waals surface area contributed by atoms with E-state index in [-0.39, 0.29) is 6.10 Å². The van der Waals surface area contributed by atoms with Crippen LogP contribution >= 0.6 is 0 Å². The van der Waals surface area contributed by atoms with Gasteiger partial charge in [-0.05, 0) is 38.9 Å². The van der Waals surface area contributed by atoms with Gasteiger partial charge in [-0.2, -0.15) is 0 Å². The van der Waals surface area contributed by atoms with Crippen molar-refractivity contribution in [2.45, 2.75) is 26.4 Å². The van der Waals surface area contributed by atoms with Gasteiger partial charge in [-0.15, -0.1) is 0 Å². The maximum atomic E-state index is 5.57. The minimum absolute atomic E-state index is 0.134. The molecule has 4 nitrogen and oxygen atoms in total. The summed E-state index contributed by atoms with van der Waals surface area (Å²) in [5.74, 6) is 0.657. The molecule has 15 heavy (non-hydrogen) atoms. The summed E-state index contributed by atoms with van der Waals surface area (Å²) in [5.41, 5.74) is 6.35. The fraction of sp³-hybridized carbons (Fsp3) is 0.545. The molecule has 0 aromatic carbocycles. The quantitative estimate of drug-likeness (QED) is 0.699. The first-order valence-electron chi connectivity index (χ1n) is 5.29. The SMILES string of the molecule is CC(C)Oc1ncccc1NCCCN. The number of nitrogens with two attached hydrogens (primary N) is 1. The summed E-state index contributed by atoms with van der Waals surface area (Å²) >= 11 is 0. The fourth-order valence-corrected chi connectivity index (χ4v) is 1.17. The maximum absolute atomic E-state index is 5.57. The van der Waals surface area contributed by atoms with Crippen LogP contribution in [0.2, 0.25) is 0 Å². The Balaban J connectivity index is 2.60. The molecule has 0 fully saturated rings. The zero-order chi connectivity index (χ0) is 11.1. The number of hydrogen-bond acceptors (Lipinski definition) is 4. The van der Waals surface area contributed by atoms with Gasteiger partial charge in [0.15, 0.2) is 0 Å². The van der Waals surface area contributed by atoms with Gasteiger partial charge in [0.05, 0.1) is 11.8 Å². The largest absolute Gasteiger partial charge is 0.473 e. The Morgan fingerprint density at radius 1 is 1.53 bits per heavy atom. The van der Waals surface area contributed by atoms with Gasteiger partial charge in [-0.25, -0.2) is 4.98 Å². The lowest BCUT2D eigenvalue weighted by Gasteiger charge is -2.13. The third-order valence-corrected chi connectivity index (χ3v) is 1.81. The van der Waals surface area contributed by atoms with Crippen LogP contribution in [0.4, 0.5) is 5.69 Å². The van der Waals surface area contributed by atoms with Gasteiger partial charge in [0, 0.05) is 12.7 Å². The first-order valence-corrected chi connectivity index (χ1v) is 5.29. The standard InChI is InChI=1S/C11H19N3O/c1-9(2)15-11-10(5-3-7-14-11)13-8-4-6-12/h3,5,7,9,13H,4,6,8,12H2,1-2H3. The summed E-state index contributed by atoms with van der Waals surface area (Å²) < 4.78 is 5.57. The summed E-state index contributed by atoms with van der Waals surface area (Å²) in [6.45, 7) is 5.50. The Kier molecular flexibility index (Phi) is 4.90. The number of nitrogens with zero attached hydrogens (tertiary/aromatic N) is 1. The molecule has 3 N–H and O–H groups in total. The van der Waals surface area contributed by atoms with Crippen molar-refractivity contribution in [3.05, 3.63) is 18.3 Å². The molecule has 0 atom stereocenters. The van der Waals surface area contributed by atoms with Crippen molar-refractivity contribution in [3.63, 3.8) is 0 Å². The monoisotopic (exact) mass is 209 g/mol. The molecule has 1 heterocycles. The van der Waals surface area contributed by atoms with E-state index in [4.69, 9.17) is 10.5 Å². The second-order valence-corrected chi connectivity index (χ2v) is 3.59. The van der Waals surface area contributed by atoms with Gasteiger partial charge in [0.25, 0.3) is 0 Å². The van der Waals surface area contributed by atoms with Gasteiger partial charge in [0.2, 0.25) is 5.88 Å². The average molecular weight is 209 g/mol. The topological polar surface area (TPSA) is 60.2 Å². The van der Waals surface area contributed by atoms with Crippen LogP contribution in [-0.4, -0.2) is 24.2 Å². The summed E-state index contributed by atoms with van der Waals surface area (Å²) in [6.07, 6.45) is 2.80. The second kappa shape index (κ2) is 6.24. The number of hydrogen-bond donors (Lipinski definition) is 2. The smallest absolute Gasteiger partial charge is 0.237 e. The first kappa shape index (κ1) is 11.8. The molecule has 84 valence electrons. The zero-order valence-electron chi connectivity index (χ0n) is 9.36. The lowest BCUT2D eigenvalue weighted by Crippen LogP contribution is -2.12. The van der Waals surface area contributed by atoms with E-state index in [2.05, 4.69) is 10.3 Å². The molecule has 0 radical (unpaired) electrons. The van der Waals surface area contributed by atoms with Crippen molar-refractivity contribution < 1.29 is 4.74 Å². The van der Waals surface area contributed by atoms with Crippen molar-refractivity contribution >= 4 is 5.69 Å². The molecule has 0 unspecified atom stereocenters. The Hall–Kier alpha value is -1.29. The average Bonchev–Trinajstić information content (AvgIpc) is 2.20. The number of nitrogens with one attached hydrogen (secondary N) is 1. The molecule has 4 heteroatoms. The van der Waals surface area contributed by atoms with E-state index >= 15 is 0 Å². The third kappa shape index (κ3) is 4.16. The predicted molar refractivity (Wildman–Crippen MR) is 62.2 cm³/mol. The van der Waals surface area contributed by atoms with Crippen molar-refractivity contribution in [1.82, 2.24) is 4.98 Å². The van der Waals surface area contributed by atoms with Crippen LogP contribution in [0.5, 0.6) is 5.88 Å². The minimum Gasteiger partial charge on any atom is -0.473 e. The molecule has 1 aromatic rings. The molecule has 0 aliphatic heterocycles. The third-order valence-electron chi connectivity index (χ3n) is 1.81. The van der Waals surface area contributed by atoms with E-state index < -0.39 is 0 Å². The lowest BCUT2D eigenvalue weighted by molar-refractivity contribution is 0.234. The number of aromatic nitrogens is 1. The Morgan fingerprint density at radius 2 is 2.33 bits per heavy atom. The highest BCUT2D eigenvalue weighted by Crippen LogP contribution is 2.21. The highest BCUT2D eigenvalue weighted by molar-refractivity contribution is 5.51. The number of rotatable bonds is 6. The Bertz CT molecular complexity index is 289. The first-order chi connectivity index (χ1) is 7.24. The van der Waals surface area contributed by atoms with Gasteiger partial charge in [-0.3, -0.25) is 0 Å².